The van der Waals surface area contributed by atoms with Crippen molar-refractivity contribution in [3.05, 3.63) is 83.6 Å². The molecule has 0 bridgehead atoms. The molecule has 98 valence electrons. The van der Waals surface area contributed by atoms with E-state index in [1.54, 1.807) is 0 Å². The van der Waals surface area contributed by atoms with E-state index in [-0.39, 0.29) is 0 Å². The Balaban J connectivity index is 2.25. The highest BCUT2D eigenvalue weighted by Crippen LogP contribution is 2.29. The maximum atomic E-state index is 3.79. The molecule has 0 amide bonds. The summed E-state index contributed by atoms with van der Waals surface area (Å²) >= 11 is 0. The van der Waals surface area contributed by atoms with Gasteiger partial charge in [-0.3, -0.25) is 0 Å². The molecule has 0 aromatic rings. The first-order chi connectivity index (χ1) is 9.33. The van der Waals surface area contributed by atoms with E-state index in [1.807, 2.05) is 6.08 Å². The molecule has 0 N–H and O–H groups in total. The molecule has 0 saturated carbocycles. The van der Waals surface area contributed by atoms with Crippen LogP contribution in [0.15, 0.2) is 83.6 Å². The van der Waals surface area contributed by atoms with Gasteiger partial charge in [0.2, 0.25) is 0 Å². The number of hydrogen-bond acceptors (Lipinski definition) is 0. The molecular formula is C19H22. The second-order valence-electron chi connectivity index (χ2n) is 5.01. The smallest absolute Gasteiger partial charge is 0.0149 e. The zero-order chi connectivity index (χ0) is 13.5. The Morgan fingerprint density at radius 2 is 1.58 bits per heavy atom. The summed E-state index contributed by atoms with van der Waals surface area (Å²) in [6.07, 6.45) is 24.2. The van der Waals surface area contributed by atoms with Crippen LogP contribution < -0.4 is 0 Å². The van der Waals surface area contributed by atoms with Crippen molar-refractivity contribution in [3.63, 3.8) is 0 Å². The van der Waals surface area contributed by atoms with Crippen LogP contribution in [-0.4, -0.2) is 0 Å². The van der Waals surface area contributed by atoms with Gasteiger partial charge in [-0.25, -0.2) is 0 Å². The second-order valence-corrected chi connectivity index (χ2v) is 5.01. The molecule has 2 rings (SSSR count). The lowest BCUT2D eigenvalue weighted by molar-refractivity contribution is 0.748. The first-order valence-corrected chi connectivity index (χ1v) is 7.07. The molecule has 0 aliphatic heterocycles. The van der Waals surface area contributed by atoms with E-state index in [1.165, 1.54) is 35.1 Å². The third-order valence-corrected chi connectivity index (χ3v) is 3.56. The predicted molar refractivity (Wildman–Crippen MR) is 85.0 cm³/mol. The van der Waals surface area contributed by atoms with Crippen LogP contribution in [0, 0.1) is 0 Å². The molecule has 0 heterocycles. The van der Waals surface area contributed by atoms with Crippen molar-refractivity contribution in [3.8, 4) is 0 Å². The average molecular weight is 250 g/mol. The molecule has 0 fully saturated rings. The van der Waals surface area contributed by atoms with E-state index in [2.05, 4.69) is 62.1 Å². The molecule has 0 nitrogen and oxygen atoms in total. The molecule has 0 aromatic heterocycles. The van der Waals surface area contributed by atoms with Crippen LogP contribution in [0.5, 0.6) is 0 Å². The van der Waals surface area contributed by atoms with Crippen LogP contribution in [0.25, 0.3) is 0 Å². The van der Waals surface area contributed by atoms with E-state index in [4.69, 9.17) is 0 Å². The zero-order valence-corrected chi connectivity index (χ0v) is 11.7. The summed E-state index contributed by atoms with van der Waals surface area (Å²) in [6.45, 7) is 5.97. The minimum Gasteiger partial charge on any atom is -0.103 e. The third-order valence-electron chi connectivity index (χ3n) is 3.56. The van der Waals surface area contributed by atoms with Crippen LogP contribution in [0.3, 0.4) is 0 Å². The van der Waals surface area contributed by atoms with Crippen molar-refractivity contribution in [2.45, 2.75) is 32.6 Å². The summed E-state index contributed by atoms with van der Waals surface area (Å²) < 4.78 is 0. The second kappa shape index (κ2) is 6.94. The van der Waals surface area contributed by atoms with Crippen LogP contribution in [0.1, 0.15) is 32.6 Å². The Morgan fingerprint density at radius 3 is 2.37 bits per heavy atom. The molecule has 0 radical (unpaired) electrons. The van der Waals surface area contributed by atoms with Crippen molar-refractivity contribution in [1.29, 1.82) is 0 Å². The highest BCUT2D eigenvalue weighted by molar-refractivity contribution is 5.59. The Bertz CT molecular complexity index is 516. The zero-order valence-electron chi connectivity index (χ0n) is 11.7. The SMILES string of the molecule is C=CCCCCC1=C2C=CC=CC(C)=C2C=CC=C1. The number of rotatable bonds is 5. The Labute approximate surface area is 116 Å². The van der Waals surface area contributed by atoms with Gasteiger partial charge < -0.3 is 0 Å². The standard InChI is InChI=1S/C19H22/c1-3-4-5-6-12-17-13-8-10-14-18-16(2)11-7-9-15-19(17)18/h3,7-11,13-15H,1,4-6,12H2,2H3. The molecule has 0 heteroatoms. The van der Waals surface area contributed by atoms with Crippen molar-refractivity contribution in [1.82, 2.24) is 0 Å². The van der Waals surface area contributed by atoms with Crippen molar-refractivity contribution in [2.75, 3.05) is 0 Å². The van der Waals surface area contributed by atoms with Crippen LogP contribution in [0.4, 0.5) is 0 Å². The minimum absolute atomic E-state index is 1.11. The van der Waals surface area contributed by atoms with Gasteiger partial charge in [0.1, 0.15) is 0 Å². The fourth-order valence-corrected chi connectivity index (χ4v) is 2.48. The predicted octanol–water partition coefficient (Wildman–Crippen LogP) is 5.60. The van der Waals surface area contributed by atoms with E-state index in [0.717, 1.165) is 12.8 Å². The molecule has 19 heavy (non-hydrogen) atoms. The van der Waals surface area contributed by atoms with Gasteiger partial charge in [-0.1, -0.05) is 54.7 Å². The van der Waals surface area contributed by atoms with Gasteiger partial charge in [-0.05, 0) is 54.9 Å². The van der Waals surface area contributed by atoms with Crippen LogP contribution in [0.2, 0.25) is 0 Å². The molecule has 0 saturated heterocycles. The molecular weight excluding hydrogens is 228 g/mol. The van der Waals surface area contributed by atoms with Gasteiger partial charge in [0.25, 0.3) is 0 Å². The van der Waals surface area contributed by atoms with Gasteiger partial charge in [-0.2, -0.15) is 0 Å². The van der Waals surface area contributed by atoms with Gasteiger partial charge in [0.15, 0.2) is 0 Å². The number of allylic oxidation sites excluding steroid dienone is 13. The normalized spacial score (nSPS) is 17.5. The average Bonchev–Trinajstić information content (AvgIpc) is 2.71. The Kier molecular flexibility index (Phi) is 4.97. The fourth-order valence-electron chi connectivity index (χ4n) is 2.48. The first-order valence-electron chi connectivity index (χ1n) is 7.07. The van der Waals surface area contributed by atoms with E-state index < -0.39 is 0 Å². The van der Waals surface area contributed by atoms with Gasteiger partial charge in [0.05, 0.1) is 0 Å². The van der Waals surface area contributed by atoms with Crippen LogP contribution in [-0.2, 0) is 0 Å². The number of hydrogen-bond donors (Lipinski definition) is 0. The number of unbranched alkanes of at least 4 members (excludes halogenated alkanes) is 2. The summed E-state index contributed by atoms with van der Waals surface area (Å²) in [5.74, 6) is 0. The maximum absolute atomic E-state index is 3.79. The molecule has 0 spiro atoms. The Hall–Kier alpha value is -1.82. The lowest BCUT2D eigenvalue weighted by Gasteiger charge is -2.11. The van der Waals surface area contributed by atoms with E-state index >= 15 is 0 Å². The monoisotopic (exact) mass is 250 g/mol. The van der Waals surface area contributed by atoms with Crippen LogP contribution >= 0.6 is 0 Å². The lowest BCUT2D eigenvalue weighted by Crippen LogP contribution is -1.92. The van der Waals surface area contributed by atoms with Crippen molar-refractivity contribution >= 4 is 0 Å². The van der Waals surface area contributed by atoms with Crippen molar-refractivity contribution in [2.24, 2.45) is 0 Å². The van der Waals surface area contributed by atoms with E-state index in [0.29, 0.717) is 0 Å². The third kappa shape index (κ3) is 3.57. The topological polar surface area (TPSA) is 0 Å². The molecule has 0 unspecified atom stereocenters. The molecule has 2 aliphatic carbocycles. The van der Waals surface area contributed by atoms with Crippen molar-refractivity contribution < 1.29 is 0 Å². The van der Waals surface area contributed by atoms with Gasteiger partial charge in [-0.15, -0.1) is 6.58 Å². The van der Waals surface area contributed by atoms with Gasteiger partial charge in [0, 0.05) is 0 Å². The molecule has 0 aromatic carbocycles. The fraction of sp³-hybridized carbons (Fsp3) is 0.263. The highest BCUT2D eigenvalue weighted by Gasteiger charge is 2.10. The number of fused-ring (bicyclic) bond motifs is 1. The minimum atomic E-state index is 1.11. The Morgan fingerprint density at radius 1 is 0.895 bits per heavy atom. The molecule has 2 aliphatic rings. The summed E-state index contributed by atoms with van der Waals surface area (Å²) in [5.41, 5.74) is 5.52. The summed E-state index contributed by atoms with van der Waals surface area (Å²) in [4.78, 5) is 0. The quantitative estimate of drug-likeness (QED) is 0.440. The largest absolute Gasteiger partial charge is 0.103 e. The highest BCUT2D eigenvalue weighted by atomic mass is 14.1. The lowest BCUT2D eigenvalue weighted by atomic mass is 9.94. The van der Waals surface area contributed by atoms with Gasteiger partial charge >= 0.3 is 0 Å². The summed E-state index contributed by atoms with van der Waals surface area (Å²) in [6, 6.07) is 0. The first kappa shape index (κ1) is 13.6. The van der Waals surface area contributed by atoms with E-state index in [9.17, 15) is 0 Å². The summed E-state index contributed by atoms with van der Waals surface area (Å²) in [5, 5.41) is 0. The summed E-state index contributed by atoms with van der Waals surface area (Å²) in [7, 11) is 0. The maximum Gasteiger partial charge on any atom is -0.0149 e. The molecule has 0 atom stereocenters.